The summed E-state index contributed by atoms with van der Waals surface area (Å²) in [5.41, 5.74) is 0. The average Bonchev–Trinajstić information content (AvgIpc) is 3.13. The van der Waals surface area contributed by atoms with Crippen LogP contribution in [-0.4, -0.2) is 19.4 Å². The molecule has 7 heteroatoms. The van der Waals surface area contributed by atoms with Gasteiger partial charge in [0, 0.05) is 12.2 Å². The first-order valence-corrected chi connectivity index (χ1v) is 7.88. The summed E-state index contributed by atoms with van der Waals surface area (Å²) in [6.45, 7) is 0.545. The van der Waals surface area contributed by atoms with Gasteiger partial charge in [-0.2, -0.15) is 8.42 Å². The second-order valence-electron chi connectivity index (χ2n) is 4.70. The SMILES string of the molecule is O=S(=O)(Nc1ccccn1)c1ccc(CNC2CC2)o1. The number of hydrogen-bond donors (Lipinski definition) is 2. The summed E-state index contributed by atoms with van der Waals surface area (Å²) in [7, 11) is -3.72. The molecule has 0 aliphatic heterocycles. The van der Waals surface area contributed by atoms with Crippen LogP contribution in [0.25, 0.3) is 0 Å². The standard InChI is InChI=1S/C13H15N3O3S/c17-20(18,16-12-3-1-2-8-14-12)13-7-6-11(19-13)9-15-10-4-5-10/h1-3,6-8,10,15H,4-5,9H2,(H,14,16). The normalized spacial score (nSPS) is 15.2. The van der Waals surface area contributed by atoms with Crippen molar-refractivity contribution in [2.75, 3.05) is 4.72 Å². The van der Waals surface area contributed by atoms with Crippen molar-refractivity contribution < 1.29 is 12.8 Å². The number of nitrogens with one attached hydrogen (secondary N) is 2. The summed E-state index contributed by atoms with van der Waals surface area (Å²) >= 11 is 0. The van der Waals surface area contributed by atoms with Gasteiger partial charge in [-0.25, -0.2) is 4.98 Å². The highest BCUT2D eigenvalue weighted by molar-refractivity contribution is 7.92. The van der Waals surface area contributed by atoms with E-state index in [9.17, 15) is 8.42 Å². The van der Waals surface area contributed by atoms with Crippen molar-refractivity contribution in [2.24, 2.45) is 0 Å². The zero-order valence-electron chi connectivity index (χ0n) is 10.7. The molecule has 1 aliphatic carbocycles. The van der Waals surface area contributed by atoms with E-state index < -0.39 is 10.0 Å². The third-order valence-corrected chi connectivity index (χ3v) is 4.17. The Labute approximate surface area is 117 Å². The molecule has 2 heterocycles. The number of nitrogens with zero attached hydrogens (tertiary/aromatic N) is 1. The molecular formula is C13H15N3O3S. The quantitative estimate of drug-likeness (QED) is 0.847. The van der Waals surface area contributed by atoms with Gasteiger partial charge in [-0.3, -0.25) is 4.72 Å². The Morgan fingerprint density at radius 1 is 1.25 bits per heavy atom. The summed E-state index contributed by atoms with van der Waals surface area (Å²) in [6.07, 6.45) is 3.87. The van der Waals surface area contributed by atoms with E-state index in [2.05, 4.69) is 15.0 Å². The van der Waals surface area contributed by atoms with Crippen LogP contribution in [0.15, 0.2) is 46.0 Å². The van der Waals surface area contributed by atoms with E-state index in [1.165, 1.54) is 25.1 Å². The molecule has 0 radical (unpaired) electrons. The molecule has 20 heavy (non-hydrogen) atoms. The van der Waals surface area contributed by atoms with Crippen molar-refractivity contribution in [1.82, 2.24) is 10.3 Å². The van der Waals surface area contributed by atoms with Crippen LogP contribution in [0.1, 0.15) is 18.6 Å². The Morgan fingerprint density at radius 3 is 2.80 bits per heavy atom. The fourth-order valence-corrected chi connectivity index (χ4v) is 2.70. The Bertz CT molecular complexity index is 678. The fraction of sp³-hybridized carbons (Fsp3) is 0.308. The Morgan fingerprint density at radius 2 is 2.10 bits per heavy atom. The molecule has 6 nitrogen and oxygen atoms in total. The zero-order valence-corrected chi connectivity index (χ0v) is 11.6. The van der Waals surface area contributed by atoms with Crippen LogP contribution >= 0.6 is 0 Å². The van der Waals surface area contributed by atoms with Crippen LogP contribution < -0.4 is 10.0 Å². The topological polar surface area (TPSA) is 84.2 Å². The minimum absolute atomic E-state index is 0.101. The molecule has 1 saturated carbocycles. The number of aromatic nitrogens is 1. The first-order chi connectivity index (χ1) is 9.63. The van der Waals surface area contributed by atoms with Crippen molar-refractivity contribution >= 4 is 15.8 Å². The Hall–Kier alpha value is -1.86. The van der Waals surface area contributed by atoms with E-state index in [1.54, 1.807) is 24.3 Å². The number of pyridine rings is 1. The molecule has 0 aromatic carbocycles. The van der Waals surface area contributed by atoms with E-state index in [0.29, 0.717) is 18.3 Å². The van der Waals surface area contributed by atoms with Crippen molar-refractivity contribution in [3.8, 4) is 0 Å². The van der Waals surface area contributed by atoms with Gasteiger partial charge in [0.25, 0.3) is 10.0 Å². The van der Waals surface area contributed by atoms with Crippen LogP contribution in [0.3, 0.4) is 0 Å². The van der Waals surface area contributed by atoms with Gasteiger partial charge in [-0.05, 0) is 37.1 Å². The van der Waals surface area contributed by atoms with Crippen molar-refractivity contribution in [1.29, 1.82) is 0 Å². The fourth-order valence-electron chi connectivity index (χ4n) is 1.74. The zero-order chi connectivity index (χ0) is 14.0. The number of sulfonamides is 1. The minimum atomic E-state index is -3.72. The van der Waals surface area contributed by atoms with Crippen LogP contribution in [0.5, 0.6) is 0 Å². The van der Waals surface area contributed by atoms with Gasteiger partial charge in [0.2, 0.25) is 5.09 Å². The smallest absolute Gasteiger partial charge is 0.296 e. The number of anilines is 1. The molecule has 3 rings (SSSR count). The molecule has 106 valence electrons. The lowest BCUT2D eigenvalue weighted by atomic mass is 10.4. The highest BCUT2D eigenvalue weighted by Crippen LogP contribution is 2.21. The first-order valence-electron chi connectivity index (χ1n) is 6.39. The molecule has 2 N–H and O–H groups in total. The molecule has 0 atom stereocenters. The van der Waals surface area contributed by atoms with Gasteiger partial charge in [0.1, 0.15) is 11.6 Å². The molecule has 0 saturated heterocycles. The molecule has 0 bridgehead atoms. The van der Waals surface area contributed by atoms with E-state index in [4.69, 9.17) is 4.42 Å². The maximum Gasteiger partial charge on any atom is 0.296 e. The highest BCUT2D eigenvalue weighted by Gasteiger charge is 2.22. The maximum absolute atomic E-state index is 12.1. The van der Waals surface area contributed by atoms with Gasteiger partial charge in [-0.15, -0.1) is 0 Å². The first kappa shape index (κ1) is 13.1. The molecule has 1 fully saturated rings. The van der Waals surface area contributed by atoms with Gasteiger partial charge in [0.15, 0.2) is 0 Å². The highest BCUT2D eigenvalue weighted by atomic mass is 32.2. The molecule has 2 aromatic heterocycles. The molecule has 0 spiro atoms. The lowest BCUT2D eigenvalue weighted by Gasteiger charge is -2.04. The van der Waals surface area contributed by atoms with Crippen molar-refractivity contribution in [3.05, 3.63) is 42.3 Å². The maximum atomic E-state index is 12.1. The predicted octanol–water partition coefficient (Wildman–Crippen LogP) is 1.73. The van der Waals surface area contributed by atoms with Gasteiger partial charge in [-0.1, -0.05) is 6.07 Å². The minimum Gasteiger partial charge on any atom is -0.446 e. The Balaban J connectivity index is 1.70. The van der Waals surface area contributed by atoms with E-state index >= 15 is 0 Å². The lowest BCUT2D eigenvalue weighted by molar-refractivity contribution is 0.403. The Kier molecular flexibility index (Phi) is 3.45. The summed E-state index contributed by atoms with van der Waals surface area (Å²) in [5, 5.41) is 3.16. The average molecular weight is 293 g/mol. The molecular weight excluding hydrogens is 278 g/mol. The number of furan rings is 1. The van der Waals surface area contributed by atoms with Crippen LogP contribution in [0.4, 0.5) is 5.82 Å². The third kappa shape index (κ3) is 3.17. The monoisotopic (exact) mass is 293 g/mol. The van der Waals surface area contributed by atoms with E-state index in [0.717, 1.165) is 0 Å². The second kappa shape index (κ2) is 5.26. The number of hydrogen-bond acceptors (Lipinski definition) is 5. The van der Waals surface area contributed by atoms with Crippen LogP contribution in [0.2, 0.25) is 0 Å². The van der Waals surface area contributed by atoms with Gasteiger partial charge >= 0.3 is 0 Å². The molecule has 0 unspecified atom stereocenters. The van der Waals surface area contributed by atoms with Crippen molar-refractivity contribution in [3.63, 3.8) is 0 Å². The van der Waals surface area contributed by atoms with Gasteiger partial charge in [0.05, 0.1) is 6.54 Å². The van der Waals surface area contributed by atoms with E-state index in [-0.39, 0.29) is 10.9 Å². The summed E-state index contributed by atoms with van der Waals surface area (Å²) in [4.78, 5) is 3.92. The second-order valence-corrected chi connectivity index (χ2v) is 6.31. The van der Waals surface area contributed by atoms with Crippen molar-refractivity contribution in [2.45, 2.75) is 30.5 Å². The molecule has 2 aromatic rings. The summed E-state index contributed by atoms with van der Waals surface area (Å²) < 4.78 is 31.9. The largest absolute Gasteiger partial charge is 0.446 e. The van der Waals surface area contributed by atoms with Gasteiger partial charge < -0.3 is 9.73 Å². The number of rotatable bonds is 6. The molecule has 1 aliphatic rings. The molecule has 0 amide bonds. The third-order valence-electron chi connectivity index (χ3n) is 2.95. The van der Waals surface area contributed by atoms with Crippen LogP contribution in [-0.2, 0) is 16.6 Å². The summed E-state index contributed by atoms with van der Waals surface area (Å²) in [5.74, 6) is 0.875. The lowest BCUT2D eigenvalue weighted by Crippen LogP contribution is -2.15. The van der Waals surface area contributed by atoms with Crippen LogP contribution in [0, 0.1) is 0 Å². The van der Waals surface area contributed by atoms with E-state index in [1.807, 2.05) is 0 Å². The summed E-state index contributed by atoms with van der Waals surface area (Å²) in [6, 6.07) is 8.67. The predicted molar refractivity (Wildman–Crippen MR) is 73.6 cm³/mol.